The highest BCUT2D eigenvalue weighted by Crippen LogP contribution is 2.20. The molecule has 1 aromatic heterocycles. The van der Waals surface area contributed by atoms with Crippen LogP contribution in [0.3, 0.4) is 0 Å². The van der Waals surface area contributed by atoms with Crippen LogP contribution < -0.4 is 11.1 Å². The van der Waals surface area contributed by atoms with Gasteiger partial charge in [-0.3, -0.25) is 4.79 Å². The van der Waals surface area contributed by atoms with E-state index < -0.39 is 0 Å². The number of aryl methyl sites for hydroxylation is 1. The Balaban J connectivity index is 1.62. The van der Waals surface area contributed by atoms with Crippen LogP contribution in [0.25, 0.3) is 0 Å². The van der Waals surface area contributed by atoms with Crippen molar-refractivity contribution in [3.63, 3.8) is 0 Å². The van der Waals surface area contributed by atoms with E-state index in [0.717, 1.165) is 31.2 Å². The highest BCUT2D eigenvalue weighted by atomic mass is 32.1. The molecule has 6 nitrogen and oxygen atoms in total. The number of nitrogens with zero attached hydrogens (tertiary/aromatic N) is 1. The van der Waals surface area contributed by atoms with Crippen molar-refractivity contribution in [3.05, 3.63) is 10.6 Å². The molecule has 0 unspecified atom stereocenters. The summed E-state index contributed by atoms with van der Waals surface area (Å²) in [5.74, 6) is 0.311. The van der Waals surface area contributed by atoms with Gasteiger partial charge >= 0.3 is 0 Å². The van der Waals surface area contributed by atoms with Crippen LogP contribution >= 0.6 is 11.5 Å². The third-order valence-corrected chi connectivity index (χ3v) is 3.98. The van der Waals surface area contributed by atoms with Crippen molar-refractivity contribution in [2.75, 3.05) is 38.7 Å². The molecule has 0 saturated carbocycles. The van der Waals surface area contributed by atoms with Crippen molar-refractivity contribution in [2.24, 2.45) is 5.92 Å². The Morgan fingerprint density at radius 1 is 1.68 bits per heavy atom. The molecule has 3 N–H and O–H groups in total. The molecular weight excluding hydrogens is 266 g/mol. The number of nitrogens with two attached hydrogens (primary N) is 1. The zero-order valence-electron chi connectivity index (χ0n) is 11.0. The van der Waals surface area contributed by atoms with Gasteiger partial charge in [0.1, 0.15) is 4.88 Å². The predicted octanol–water partition coefficient (Wildman–Crippen LogP) is 0.817. The molecule has 1 fully saturated rings. The molecular formula is C12H19N3O3S. The van der Waals surface area contributed by atoms with Crippen molar-refractivity contribution in [1.29, 1.82) is 0 Å². The number of hydrogen-bond acceptors (Lipinski definition) is 6. The highest BCUT2D eigenvalue weighted by Gasteiger charge is 2.16. The molecule has 19 heavy (non-hydrogen) atoms. The van der Waals surface area contributed by atoms with Gasteiger partial charge in [0, 0.05) is 19.1 Å². The highest BCUT2D eigenvalue weighted by molar-refractivity contribution is 7.08. The molecule has 0 aromatic carbocycles. The van der Waals surface area contributed by atoms with Crippen LogP contribution in [0.1, 0.15) is 21.8 Å². The summed E-state index contributed by atoms with van der Waals surface area (Å²) in [4.78, 5) is 12.3. The molecule has 106 valence electrons. The lowest BCUT2D eigenvalue weighted by Gasteiger charge is -2.09. The number of rotatable bonds is 6. The monoisotopic (exact) mass is 285 g/mol. The maximum Gasteiger partial charge on any atom is 0.265 e. The van der Waals surface area contributed by atoms with Crippen LogP contribution in [0.2, 0.25) is 0 Å². The van der Waals surface area contributed by atoms with E-state index in [1.165, 1.54) is 0 Å². The molecule has 2 rings (SSSR count). The van der Waals surface area contributed by atoms with Crippen molar-refractivity contribution < 1.29 is 14.3 Å². The molecule has 0 radical (unpaired) electrons. The molecule has 1 aliphatic rings. The predicted molar refractivity (Wildman–Crippen MR) is 73.3 cm³/mol. The number of hydrogen-bond donors (Lipinski definition) is 2. The Kier molecular flexibility index (Phi) is 5.12. The minimum atomic E-state index is -0.184. The number of aromatic nitrogens is 1. The number of carbonyl (C=O) groups excluding carboxylic acids is 1. The number of carbonyl (C=O) groups is 1. The van der Waals surface area contributed by atoms with Crippen LogP contribution in [-0.2, 0) is 9.47 Å². The summed E-state index contributed by atoms with van der Waals surface area (Å²) < 4.78 is 14.8. The Morgan fingerprint density at radius 3 is 3.16 bits per heavy atom. The summed E-state index contributed by atoms with van der Waals surface area (Å²) in [6, 6.07) is 0. The summed E-state index contributed by atoms with van der Waals surface area (Å²) in [6.07, 6.45) is 1.06. The van der Waals surface area contributed by atoms with Crippen molar-refractivity contribution in [1.82, 2.24) is 9.69 Å². The van der Waals surface area contributed by atoms with Gasteiger partial charge in [0.05, 0.1) is 31.2 Å². The summed E-state index contributed by atoms with van der Waals surface area (Å²) in [6.45, 7) is 5.06. The maximum absolute atomic E-state index is 11.8. The molecule has 7 heteroatoms. The number of nitrogen functional groups attached to an aromatic ring is 1. The zero-order chi connectivity index (χ0) is 13.7. The third-order valence-electron chi connectivity index (χ3n) is 3.02. The van der Waals surface area contributed by atoms with E-state index in [1.54, 1.807) is 6.92 Å². The van der Waals surface area contributed by atoms with Crippen LogP contribution in [0.4, 0.5) is 5.69 Å². The normalized spacial score (nSPS) is 18.7. The van der Waals surface area contributed by atoms with Gasteiger partial charge in [-0.25, -0.2) is 0 Å². The lowest BCUT2D eigenvalue weighted by Crippen LogP contribution is -2.27. The Labute approximate surface area is 116 Å². The van der Waals surface area contributed by atoms with Gasteiger partial charge in [0.25, 0.3) is 5.91 Å². The van der Waals surface area contributed by atoms with E-state index in [4.69, 9.17) is 15.2 Å². The van der Waals surface area contributed by atoms with Gasteiger partial charge in [-0.05, 0) is 24.9 Å². The second-order valence-electron chi connectivity index (χ2n) is 4.57. The van der Waals surface area contributed by atoms with Crippen molar-refractivity contribution >= 4 is 23.1 Å². The fourth-order valence-electron chi connectivity index (χ4n) is 1.82. The first-order valence-electron chi connectivity index (χ1n) is 6.34. The standard InChI is InChI=1S/C12H19N3O3S/c1-8-10(13)11(19-15-8)12(16)14-3-5-18-7-9-2-4-17-6-9/h9H,2-7,13H2,1H3,(H,14,16)/t9-/m0/s1. The molecule has 2 heterocycles. The average molecular weight is 285 g/mol. The van der Waals surface area contributed by atoms with E-state index in [2.05, 4.69) is 9.69 Å². The summed E-state index contributed by atoms with van der Waals surface area (Å²) >= 11 is 1.12. The van der Waals surface area contributed by atoms with E-state index in [0.29, 0.717) is 41.9 Å². The van der Waals surface area contributed by atoms with E-state index >= 15 is 0 Å². The maximum atomic E-state index is 11.8. The Morgan fingerprint density at radius 2 is 2.53 bits per heavy atom. The minimum absolute atomic E-state index is 0.184. The lowest BCUT2D eigenvalue weighted by molar-refractivity contribution is 0.0826. The minimum Gasteiger partial charge on any atom is -0.396 e. The largest absolute Gasteiger partial charge is 0.396 e. The zero-order valence-corrected chi connectivity index (χ0v) is 11.8. The first-order valence-corrected chi connectivity index (χ1v) is 7.11. The number of amides is 1. The fraction of sp³-hybridized carbons (Fsp3) is 0.667. The number of anilines is 1. The van der Waals surface area contributed by atoms with Gasteiger partial charge in [-0.15, -0.1) is 0 Å². The topological polar surface area (TPSA) is 86.5 Å². The average Bonchev–Trinajstić information content (AvgIpc) is 3.01. The second-order valence-corrected chi connectivity index (χ2v) is 5.34. The van der Waals surface area contributed by atoms with Gasteiger partial charge < -0.3 is 20.5 Å². The molecule has 0 bridgehead atoms. The lowest BCUT2D eigenvalue weighted by atomic mass is 10.1. The molecule has 1 amide bonds. The first kappa shape index (κ1) is 14.2. The van der Waals surface area contributed by atoms with Crippen molar-refractivity contribution in [2.45, 2.75) is 13.3 Å². The van der Waals surface area contributed by atoms with Gasteiger partial charge in [-0.2, -0.15) is 4.37 Å². The summed E-state index contributed by atoms with van der Waals surface area (Å²) in [5.41, 5.74) is 6.92. The van der Waals surface area contributed by atoms with Crippen LogP contribution in [0.15, 0.2) is 0 Å². The number of ether oxygens (including phenoxy) is 2. The Hall–Kier alpha value is -1.18. The Bertz CT molecular complexity index is 430. The van der Waals surface area contributed by atoms with E-state index in [-0.39, 0.29) is 5.91 Å². The third kappa shape index (κ3) is 3.89. The molecule has 1 saturated heterocycles. The summed E-state index contributed by atoms with van der Waals surface area (Å²) in [5, 5.41) is 2.77. The molecule has 1 atom stereocenters. The van der Waals surface area contributed by atoms with Gasteiger partial charge in [0.2, 0.25) is 0 Å². The van der Waals surface area contributed by atoms with Gasteiger partial charge in [-0.1, -0.05) is 0 Å². The fourth-order valence-corrected chi connectivity index (χ4v) is 2.55. The van der Waals surface area contributed by atoms with Crippen molar-refractivity contribution in [3.8, 4) is 0 Å². The van der Waals surface area contributed by atoms with E-state index in [9.17, 15) is 4.79 Å². The van der Waals surface area contributed by atoms with Crippen LogP contribution in [0, 0.1) is 12.8 Å². The first-order chi connectivity index (χ1) is 9.18. The molecule has 1 aromatic rings. The molecule has 1 aliphatic heterocycles. The van der Waals surface area contributed by atoms with Gasteiger partial charge in [0.15, 0.2) is 0 Å². The second kappa shape index (κ2) is 6.83. The summed E-state index contributed by atoms with van der Waals surface area (Å²) in [7, 11) is 0. The SMILES string of the molecule is Cc1nsc(C(=O)NCCOC[C@H]2CCOC2)c1N. The van der Waals surface area contributed by atoms with Crippen LogP contribution in [-0.4, -0.2) is 43.3 Å². The molecule has 0 aliphatic carbocycles. The van der Waals surface area contributed by atoms with Crippen LogP contribution in [0.5, 0.6) is 0 Å². The quantitative estimate of drug-likeness (QED) is 0.756. The molecule has 0 spiro atoms. The van der Waals surface area contributed by atoms with E-state index in [1.807, 2.05) is 0 Å². The number of nitrogens with one attached hydrogen (secondary N) is 1. The smallest absolute Gasteiger partial charge is 0.265 e.